The summed E-state index contributed by atoms with van der Waals surface area (Å²) >= 11 is 0. The summed E-state index contributed by atoms with van der Waals surface area (Å²) in [6.07, 6.45) is 13.0. The van der Waals surface area contributed by atoms with Gasteiger partial charge >= 0.3 is 0 Å². The second-order valence-corrected chi connectivity index (χ2v) is 6.44. The normalized spacial score (nSPS) is 11.7. The van der Waals surface area contributed by atoms with E-state index in [4.69, 9.17) is 5.73 Å². The number of nitrogens with zero attached hydrogens (tertiary/aromatic N) is 1. The highest BCUT2D eigenvalue weighted by Gasteiger charge is 2.04. The topological polar surface area (TPSA) is 70.0 Å². The molecule has 1 aromatic rings. The number of carbonyl (C=O) groups excluding carboxylic acids is 1. The molecule has 0 saturated carbocycles. The second-order valence-electron chi connectivity index (χ2n) is 6.44. The number of hydrogen-bond acceptors (Lipinski definition) is 3. The molecule has 0 amide bonds. The molecular formula is C19H34N2O2. The van der Waals surface area contributed by atoms with Crippen LogP contribution in [0.15, 0.2) is 30.6 Å². The highest BCUT2D eigenvalue weighted by Crippen LogP contribution is 2.04. The van der Waals surface area contributed by atoms with Crippen LogP contribution in [-0.4, -0.2) is 12.0 Å². The molecule has 0 saturated heterocycles. The van der Waals surface area contributed by atoms with Crippen LogP contribution < -0.4 is 15.4 Å². The van der Waals surface area contributed by atoms with Gasteiger partial charge in [0, 0.05) is 24.6 Å². The Hall–Kier alpha value is -1.42. The van der Waals surface area contributed by atoms with E-state index in [1.54, 1.807) is 0 Å². The molecule has 0 aliphatic carbocycles. The number of aliphatic carboxylic acids is 1. The predicted octanol–water partition coefficient (Wildman–Crippen LogP) is 2.44. The first-order valence-corrected chi connectivity index (χ1v) is 8.87. The van der Waals surface area contributed by atoms with E-state index >= 15 is 0 Å². The fraction of sp³-hybridized carbons (Fsp3) is 0.684. The number of aromatic nitrogens is 1. The van der Waals surface area contributed by atoms with Crippen LogP contribution in [0.4, 0.5) is 0 Å². The summed E-state index contributed by atoms with van der Waals surface area (Å²) in [4.78, 5) is 10.00. The zero-order valence-electron chi connectivity index (χ0n) is 15.0. The average Bonchev–Trinajstić information content (AvgIpc) is 2.52. The van der Waals surface area contributed by atoms with Gasteiger partial charge in [0.05, 0.1) is 5.97 Å². The molecule has 0 aromatic carbocycles. The van der Waals surface area contributed by atoms with Crippen LogP contribution in [0.25, 0.3) is 0 Å². The van der Waals surface area contributed by atoms with Gasteiger partial charge in [-0.3, -0.25) is 0 Å². The maximum Gasteiger partial charge on any atom is 0.168 e. The fourth-order valence-electron chi connectivity index (χ4n) is 2.26. The molecule has 0 unspecified atom stereocenters. The van der Waals surface area contributed by atoms with Crippen LogP contribution in [0, 0.1) is 5.92 Å². The molecule has 0 spiro atoms. The molecule has 0 bridgehead atoms. The van der Waals surface area contributed by atoms with E-state index in [0.717, 1.165) is 0 Å². The number of unbranched alkanes of at least 4 members (excludes halogenated alkanes) is 5. The fourth-order valence-corrected chi connectivity index (χ4v) is 2.26. The number of rotatable bonds is 10. The zero-order valence-corrected chi connectivity index (χ0v) is 15.0. The van der Waals surface area contributed by atoms with Crippen molar-refractivity contribution in [2.75, 3.05) is 0 Å². The number of hydrogen-bond donors (Lipinski definition) is 1. The molecule has 0 aliphatic heterocycles. The third-order valence-electron chi connectivity index (χ3n) is 3.58. The molecule has 23 heavy (non-hydrogen) atoms. The molecule has 0 fully saturated rings. The van der Waals surface area contributed by atoms with E-state index in [1.165, 1.54) is 45.1 Å². The minimum Gasteiger partial charge on any atom is -0.548 e. The Labute approximate surface area is 141 Å². The van der Waals surface area contributed by atoms with Crippen LogP contribution in [-0.2, 0) is 11.3 Å². The molecule has 132 valence electrons. The summed E-state index contributed by atoms with van der Waals surface area (Å²) < 4.78 is 2.26. The molecular weight excluding hydrogens is 288 g/mol. The van der Waals surface area contributed by atoms with Crippen molar-refractivity contribution in [2.24, 2.45) is 11.7 Å². The van der Waals surface area contributed by atoms with Crippen molar-refractivity contribution in [1.82, 2.24) is 0 Å². The van der Waals surface area contributed by atoms with E-state index in [0.29, 0.717) is 12.3 Å². The van der Waals surface area contributed by atoms with Crippen LogP contribution in [0.2, 0.25) is 0 Å². The third-order valence-corrected chi connectivity index (χ3v) is 3.58. The quantitative estimate of drug-likeness (QED) is 0.531. The Morgan fingerprint density at radius 1 is 1.04 bits per heavy atom. The van der Waals surface area contributed by atoms with Gasteiger partial charge in [-0.2, -0.15) is 0 Å². The molecule has 1 heterocycles. The van der Waals surface area contributed by atoms with E-state index in [9.17, 15) is 9.90 Å². The van der Waals surface area contributed by atoms with Crippen molar-refractivity contribution in [1.29, 1.82) is 0 Å². The SMILES string of the molecule is CC(C)C[C@H](N)C(=O)[O-].CCCCCCCC[n+]1ccccc1. The minimum absolute atomic E-state index is 0.317. The minimum atomic E-state index is -1.16. The first kappa shape index (κ1) is 21.6. The number of carboxylic acids is 1. The van der Waals surface area contributed by atoms with Crippen molar-refractivity contribution in [3.8, 4) is 0 Å². The second kappa shape index (κ2) is 14.2. The number of pyridine rings is 1. The van der Waals surface area contributed by atoms with Gasteiger partial charge in [0.15, 0.2) is 12.4 Å². The summed E-state index contributed by atoms with van der Waals surface area (Å²) in [5, 5.41) is 10.00. The first-order valence-electron chi connectivity index (χ1n) is 8.87. The zero-order chi connectivity index (χ0) is 17.5. The standard InChI is InChI=1S/C13H22N.C6H13NO2/c1-2-3-4-5-6-8-11-14-12-9-7-10-13-14;1-4(2)3-5(7)6(8)9/h7,9-10,12-13H,2-6,8,11H2,1H3;4-5H,3,7H2,1-2H3,(H,8,9)/q+1;/p-1/t;5-/m.0/s1. The van der Waals surface area contributed by atoms with Crippen molar-refractivity contribution in [2.45, 2.75) is 78.3 Å². The molecule has 0 radical (unpaired) electrons. The molecule has 1 atom stereocenters. The summed E-state index contributed by atoms with van der Waals surface area (Å²) in [7, 11) is 0. The molecule has 4 nitrogen and oxygen atoms in total. The number of carboxylic acid groups (broad SMARTS) is 1. The van der Waals surface area contributed by atoms with Crippen molar-refractivity contribution in [3.05, 3.63) is 30.6 Å². The highest BCUT2D eigenvalue weighted by molar-refractivity contribution is 5.70. The van der Waals surface area contributed by atoms with E-state index in [1.807, 2.05) is 13.8 Å². The lowest BCUT2D eigenvalue weighted by Gasteiger charge is -2.13. The third kappa shape index (κ3) is 13.9. The van der Waals surface area contributed by atoms with Gasteiger partial charge < -0.3 is 15.6 Å². The first-order chi connectivity index (χ1) is 11.0. The molecule has 1 aromatic heterocycles. The Morgan fingerprint density at radius 2 is 1.61 bits per heavy atom. The Kier molecular flexibility index (Phi) is 13.3. The van der Waals surface area contributed by atoms with Crippen molar-refractivity contribution < 1.29 is 14.5 Å². The number of carbonyl (C=O) groups is 1. The van der Waals surface area contributed by atoms with Crippen molar-refractivity contribution >= 4 is 5.97 Å². The van der Waals surface area contributed by atoms with Gasteiger partial charge in [-0.25, -0.2) is 4.57 Å². The lowest BCUT2D eigenvalue weighted by atomic mass is 10.1. The predicted molar refractivity (Wildman–Crippen MR) is 92.5 cm³/mol. The summed E-state index contributed by atoms with van der Waals surface area (Å²) in [6, 6.07) is 5.45. The maximum atomic E-state index is 10.00. The lowest BCUT2D eigenvalue weighted by Crippen LogP contribution is -2.42. The maximum absolute atomic E-state index is 10.00. The summed E-state index contributed by atoms with van der Waals surface area (Å²) in [5.41, 5.74) is 5.16. The van der Waals surface area contributed by atoms with Crippen LogP contribution in [0.3, 0.4) is 0 Å². The van der Waals surface area contributed by atoms with Crippen LogP contribution >= 0.6 is 0 Å². The monoisotopic (exact) mass is 322 g/mol. The van der Waals surface area contributed by atoms with Gasteiger partial charge in [-0.05, 0) is 18.8 Å². The van der Waals surface area contributed by atoms with Crippen molar-refractivity contribution in [3.63, 3.8) is 0 Å². The average molecular weight is 322 g/mol. The Morgan fingerprint density at radius 3 is 2.09 bits per heavy atom. The smallest absolute Gasteiger partial charge is 0.168 e. The van der Waals surface area contributed by atoms with E-state index < -0.39 is 12.0 Å². The van der Waals surface area contributed by atoms with Gasteiger partial charge in [0.1, 0.15) is 6.54 Å². The number of nitrogens with two attached hydrogens (primary N) is 1. The molecule has 1 rings (SSSR count). The molecule has 2 N–H and O–H groups in total. The van der Waals surface area contributed by atoms with Crippen LogP contribution in [0.5, 0.6) is 0 Å². The molecule has 4 heteroatoms. The van der Waals surface area contributed by atoms with E-state index in [2.05, 4.69) is 42.1 Å². The molecule has 0 aliphatic rings. The van der Waals surface area contributed by atoms with Gasteiger partial charge in [-0.15, -0.1) is 0 Å². The lowest BCUT2D eigenvalue weighted by molar-refractivity contribution is -0.697. The van der Waals surface area contributed by atoms with Crippen LogP contribution in [0.1, 0.15) is 65.7 Å². The van der Waals surface area contributed by atoms with Gasteiger partial charge in [-0.1, -0.05) is 52.5 Å². The largest absolute Gasteiger partial charge is 0.548 e. The Balaban J connectivity index is 0.000000468. The summed E-state index contributed by atoms with van der Waals surface area (Å²) in [5.74, 6) is -0.846. The Bertz CT molecular complexity index is 394. The van der Waals surface area contributed by atoms with Gasteiger partial charge in [0.2, 0.25) is 0 Å². The highest BCUT2D eigenvalue weighted by atomic mass is 16.4. The number of aryl methyl sites for hydroxylation is 1. The summed E-state index contributed by atoms with van der Waals surface area (Å²) in [6.45, 7) is 7.28. The van der Waals surface area contributed by atoms with E-state index in [-0.39, 0.29) is 0 Å². The van der Waals surface area contributed by atoms with Gasteiger partial charge in [0.25, 0.3) is 0 Å².